The molecule has 1 aliphatic carbocycles. The molecular weight excluding hydrogens is 220 g/mol. The third-order valence-corrected chi connectivity index (χ3v) is 4.73. The molecular formula is C17H34O. The lowest BCUT2D eigenvalue weighted by atomic mass is 9.74. The predicted molar refractivity (Wildman–Crippen MR) is 79.6 cm³/mol. The Bertz CT molecular complexity index is 218. The molecule has 1 nitrogen and oxygen atoms in total. The SMILES string of the molecule is CC(C)C1CCC(C(O)CCCC(C)(C)C)CC1. The monoisotopic (exact) mass is 254 g/mol. The lowest BCUT2D eigenvalue weighted by molar-refractivity contribution is 0.0570. The minimum atomic E-state index is -0.0412. The van der Waals surface area contributed by atoms with Gasteiger partial charge in [0.05, 0.1) is 6.10 Å². The van der Waals surface area contributed by atoms with Crippen LogP contribution in [0, 0.1) is 23.2 Å². The van der Waals surface area contributed by atoms with Crippen molar-refractivity contribution in [1.29, 1.82) is 0 Å². The van der Waals surface area contributed by atoms with Crippen molar-refractivity contribution in [1.82, 2.24) is 0 Å². The van der Waals surface area contributed by atoms with Gasteiger partial charge in [-0.3, -0.25) is 0 Å². The summed E-state index contributed by atoms with van der Waals surface area (Å²) >= 11 is 0. The highest BCUT2D eigenvalue weighted by molar-refractivity contribution is 4.79. The quantitative estimate of drug-likeness (QED) is 0.730. The number of aliphatic hydroxyl groups excluding tert-OH is 1. The minimum Gasteiger partial charge on any atom is -0.393 e. The van der Waals surface area contributed by atoms with Crippen molar-refractivity contribution in [3.63, 3.8) is 0 Å². The summed E-state index contributed by atoms with van der Waals surface area (Å²) in [6.07, 6.45) is 8.53. The highest BCUT2D eigenvalue weighted by Gasteiger charge is 2.27. The van der Waals surface area contributed by atoms with Crippen LogP contribution in [0.4, 0.5) is 0 Å². The van der Waals surface area contributed by atoms with E-state index in [1.807, 2.05) is 0 Å². The van der Waals surface area contributed by atoms with Gasteiger partial charge in [-0.1, -0.05) is 41.0 Å². The first-order valence-corrected chi connectivity index (χ1v) is 7.97. The van der Waals surface area contributed by atoms with Gasteiger partial charge in [-0.25, -0.2) is 0 Å². The van der Waals surface area contributed by atoms with Gasteiger partial charge in [-0.05, 0) is 61.7 Å². The standard InChI is InChI=1S/C17H34O/c1-13(2)14-8-10-15(11-9-14)16(18)7-6-12-17(3,4)5/h13-16,18H,6-12H2,1-5H3. The zero-order chi connectivity index (χ0) is 13.8. The Morgan fingerprint density at radius 2 is 1.50 bits per heavy atom. The molecule has 1 fully saturated rings. The van der Waals surface area contributed by atoms with Crippen LogP contribution in [-0.2, 0) is 0 Å². The molecule has 0 heterocycles. The van der Waals surface area contributed by atoms with Crippen molar-refractivity contribution in [3.05, 3.63) is 0 Å². The molecule has 1 aliphatic rings. The van der Waals surface area contributed by atoms with Crippen molar-refractivity contribution in [3.8, 4) is 0 Å². The van der Waals surface area contributed by atoms with Crippen LogP contribution in [-0.4, -0.2) is 11.2 Å². The minimum absolute atomic E-state index is 0.0412. The van der Waals surface area contributed by atoms with Gasteiger partial charge in [-0.15, -0.1) is 0 Å². The van der Waals surface area contributed by atoms with Crippen molar-refractivity contribution in [2.24, 2.45) is 23.2 Å². The van der Waals surface area contributed by atoms with Crippen LogP contribution in [0.1, 0.15) is 79.6 Å². The van der Waals surface area contributed by atoms with E-state index in [1.54, 1.807) is 0 Å². The Balaban J connectivity index is 2.22. The zero-order valence-corrected chi connectivity index (χ0v) is 13.2. The molecule has 0 aromatic rings. The molecule has 0 aliphatic heterocycles. The summed E-state index contributed by atoms with van der Waals surface area (Å²) in [4.78, 5) is 0. The third kappa shape index (κ3) is 5.73. The van der Waals surface area contributed by atoms with E-state index in [2.05, 4.69) is 34.6 Å². The lowest BCUT2D eigenvalue weighted by Gasteiger charge is -2.33. The summed E-state index contributed by atoms with van der Waals surface area (Å²) in [5.74, 6) is 2.31. The maximum Gasteiger partial charge on any atom is 0.0568 e. The van der Waals surface area contributed by atoms with Crippen LogP contribution >= 0.6 is 0 Å². The molecule has 0 radical (unpaired) electrons. The fraction of sp³-hybridized carbons (Fsp3) is 1.00. The second-order valence-corrected chi connectivity index (χ2v) is 7.94. The van der Waals surface area contributed by atoms with E-state index < -0.39 is 0 Å². The highest BCUT2D eigenvalue weighted by Crippen LogP contribution is 2.36. The second-order valence-electron chi connectivity index (χ2n) is 7.94. The lowest BCUT2D eigenvalue weighted by Crippen LogP contribution is -2.27. The largest absolute Gasteiger partial charge is 0.393 e. The molecule has 0 saturated heterocycles. The van der Waals surface area contributed by atoms with Crippen LogP contribution in [0.25, 0.3) is 0 Å². The molecule has 0 amide bonds. The van der Waals surface area contributed by atoms with E-state index >= 15 is 0 Å². The molecule has 1 rings (SSSR count). The summed E-state index contributed by atoms with van der Waals surface area (Å²) in [6.45, 7) is 11.5. The van der Waals surface area contributed by atoms with Crippen molar-refractivity contribution in [2.45, 2.75) is 85.7 Å². The van der Waals surface area contributed by atoms with Gasteiger partial charge in [0.2, 0.25) is 0 Å². The molecule has 18 heavy (non-hydrogen) atoms. The van der Waals surface area contributed by atoms with E-state index in [1.165, 1.54) is 38.5 Å². The Kier molecular flexibility index (Phi) is 6.17. The van der Waals surface area contributed by atoms with Gasteiger partial charge in [0.1, 0.15) is 0 Å². The van der Waals surface area contributed by atoms with Crippen molar-refractivity contribution < 1.29 is 5.11 Å². The first kappa shape index (κ1) is 16.0. The van der Waals surface area contributed by atoms with Gasteiger partial charge in [-0.2, -0.15) is 0 Å². The van der Waals surface area contributed by atoms with E-state index in [-0.39, 0.29) is 6.10 Å². The average Bonchev–Trinajstić information content (AvgIpc) is 2.27. The summed E-state index contributed by atoms with van der Waals surface area (Å²) in [5, 5.41) is 10.3. The Morgan fingerprint density at radius 1 is 1.00 bits per heavy atom. The van der Waals surface area contributed by atoms with Crippen molar-refractivity contribution >= 4 is 0 Å². The van der Waals surface area contributed by atoms with Gasteiger partial charge >= 0.3 is 0 Å². The van der Waals surface area contributed by atoms with Gasteiger partial charge in [0.25, 0.3) is 0 Å². The molecule has 1 unspecified atom stereocenters. The zero-order valence-electron chi connectivity index (χ0n) is 13.2. The number of rotatable bonds is 5. The topological polar surface area (TPSA) is 20.2 Å². The maximum absolute atomic E-state index is 10.3. The van der Waals surface area contributed by atoms with Crippen LogP contribution in [0.2, 0.25) is 0 Å². The molecule has 0 aromatic carbocycles. The summed E-state index contributed by atoms with van der Waals surface area (Å²) in [5.41, 5.74) is 0.412. The first-order valence-electron chi connectivity index (χ1n) is 7.97. The Labute approximate surface area is 114 Å². The molecule has 1 atom stereocenters. The number of aliphatic hydroxyl groups is 1. The van der Waals surface area contributed by atoms with Crippen LogP contribution < -0.4 is 0 Å². The predicted octanol–water partition coefficient (Wildman–Crippen LogP) is 5.03. The third-order valence-electron chi connectivity index (χ3n) is 4.73. The fourth-order valence-electron chi connectivity index (χ4n) is 3.27. The molecule has 0 aromatic heterocycles. The molecule has 0 spiro atoms. The fourth-order valence-corrected chi connectivity index (χ4v) is 3.27. The summed E-state index contributed by atoms with van der Waals surface area (Å²) in [6, 6.07) is 0. The number of hydrogen-bond donors (Lipinski definition) is 1. The highest BCUT2D eigenvalue weighted by atomic mass is 16.3. The van der Waals surface area contributed by atoms with E-state index in [0.29, 0.717) is 11.3 Å². The van der Waals surface area contributed by atoms with Gasteiger partial charge in [0, 0.05) is 0 Å². The van der Waals surface area contributed by atoms with E-state index in [9.17, 15) is 5.11 Å². The van der Waals surface area contributed by atoms with E-state index in [4.69, 9.17) is 0 Å². The average molecular weight is 254 g/mol. The van der Waals surface area contributed by atoms with Crippen LogP contribution in [0.5, 0.6) is 0 Å². The Hall–Kier alpha value is -0.0400. The Morgan fingerprint density at radius 3 is 1.94 bits per heavy atom. The van der Waals surface area contributed by atoms with Crippen LogP contribution in [0.3, 0.4) is 0 Å². The molecule has 1 N–H and O–H groups in total. The first-order chi connectivity index (χ1) is 8.29. The molecule has 108 valence electrons. The number of hydrogen-bond acceptors (Lipinski definition) is 1. The summed E-state index contributed by atoms with van der Waals surface area (Å²) in [7, 11) is 0. The van der Waals surface area contributed by atoms with Gasteiger partial charge < -0.3 is 5.11 Å². The molecule has 1 heteroatoms. The second kappa shape index (κ2) is 6.93. The maximum atomic E-state index is 10.3. The molecule has 1 saturated carbocycles. The summed E-state index contributed by atoms with van der Waals surface area (Å²) < 4.78 is 0. The van der Waals surface area contributed by atoms with Crippen molar-refractivity contribution in [2.75, 3.05) is 0 Å². The normalized spacial score (nSPS) is 27.5. The van der Waals surface area contributed by atoms with Gasteiger partial charge in [0.15, 0.2) is 0 Å². The van der Waals surface area contributed by atoms with Crippen LogP contribution in [0.15, 0.2) is 0 Å². The molecule has 0 bridgehead atoms. The van der Waals surface area contributed by atoms with E-state index in [0.717, 1.165) is 18.3 Å². The smallest absolute Gasteiger partial charge is 0.0568 e.